The van der Waals surface area contributed by atoms with Crippen LogP contribution in [0.1, 0.15) is 6.42 Å². The number of ether oxygens (including phenoxy) is 1. The van der Waals surface area contributed by atoms with Crippen LogP contribution in [0.2, 0.25) is 0 Å². The zero-order valence-corrected chi connectivity index (χ0v) is 6.81. The number of nitrogens with zero attached hydrogens (tertiary/aromatic N) is 1. The van der Waals surface area contributed by atoms with Crippen molar-refractivity contribution in [2.75, 3.05) is 13.7 Å². The van der Waals surface area contributed by atoms with Crippen molar-refractivity contribution in [1.82, 2.24) is 0 Å². The van der Waals surface area contributed by atoms with Crippen molar-refractivity contribution >= 4 is 21.8 Å². The molecule has 0 saturated heterocycles. The first-order valence-electron chi connectivity index (χ1n) is 2.76. The molecule has 1 heterocycles. The summed E-state index contributed by atoms with van der Waals surface area (Å²) >= 11 is 3.23. The van der Waals surface area contributed by atoms with Crippen molar-refractivity contribution in [1.29, 1.82) is 0 Å². The van der Waals surface area contributed by atoms with Gasteiger partial charge < -0.3 is 4.74 Å². The van der Waals surface area contributed by atoms with Gasteiger partial charge in [-0.1, -0.05) is 15.9 Å². The van der Waals surface area contributed by atoms with Crippen molar-refractivity contribution < 1.29 is 4.74 Å². The molecule has 0 aromatic heterocycles. The minimum absolute atomic E-state index is 0.770. The van der Waals surface area contributed by atoms with Gasteiger partial charge in [-0.25, -0.2) is 0 Å². The quantitative estimate of drug-likeness (QED) is 0.569. The molecule has 0 bridgehead atoms. The van der Waals surface area contributed by atoms with Crippen LogP contribution in [-0.4, -0.2) is 19.6 Å². The Morgan fingerprint density at radius 1 is 1.78 bits per heavy atom. The number of methoxy groups -OCH3 is 1. The monoisotopic (exact) mass is 189 g/mol. The van der Waals surface area contributed by atoms with Crippen LogP contribution in [0.15, 0.2) is 15.6 Å². The van der Waals surface area contributed by atoms with E-state index in [1.807, 2.05) is 4.99 Å². The predicted octanol–water partition coefficient (Wildman–Crippen LogP) is 1.71. The van der Waals surface area contributed by atoms with E-state index in [1.165, 1.54) is 0 Å². The summed E-state index contributed by atoms with van der Waals surface area (Å²) < 4.78 is 4.97. The topological polar surface area (TPSA) is 21.6 Å². The Bertz CT molecular complexity index is 162. The first-order chi connectivity index (χ1) is 4.38. The Hall–Kier alpha value is -0.310. The number of halogens is 1. The molecule has 0 atom stereocenters. The van der Waals surface area contributed by atoms with Crippen molar-refractivity contribution in [3.05, 3.63) is 10.6 Å². The zero-order valence-electron chi connectivity index (χ0n) is 5.22. The highest BCUT2D eigenvalue weighted by molar-refractivity contribution is 9.11. The molecule has 50 valence electrons. The molecule has 0 radical (unpaired) electrons. The number of hydrogen-bond donors (Lipinski definition) is 0. The predicted molar refractivity (Wildman–Crippen MR) is 40.9 cm³/mol. The van der Waals surface area contributed by atoms with Crippen molar-refractivity contribution in [2.24, 2.45) is 4.99 Å². The van der Waals surface area contributed by atoms with Crippen LogP contribution in [0.3, 0.4) is 0 Å². The third-order valence-corrected chi connectivity index (χ3v) is 1.79. The Morgan fingerprint density at radius 3 is 3.00 bits per heavy atom. The van der Waals surface area contributed by atoms with Gasteiger partial charge in [-0.2, -0.15) is 0 Å². The van der Waals surface area contributed by atoms with E-state index >= 15 is 0 Å². The summed E-state index contributed by atoms with van der Waals surface area (Å²) in [6.07, 6.45) is 0.994. The van der Waals surface area contributed by atoms with Crippen LogP contribution in [0, 0.1) is 0 Å². The number of rotatable bonds is 0. The van der Waals surface area contributed by atoms with Crippen LogP contribution < -0.4 is 0 Å². The fourth-order valence-corrected chi connectivity index (χ4v) is 1.21. The number of hydrogen-bond acceptors (Lipinski definition) is 2. The Kier molecular flexibility index (Phi) is 2.28. The standard InChI is InChI=1S/C6H8BrNO/c1-9-6-5(4-7)2-3-8-6/h4H,2-3H2,1H3/b5-4-. The van der Waals surface area contributed by atoms with Gasteiger partial charge in [-0.15, -0.1) is 0 Å². The molecule has 0 N–H and O–H groups in total. The summed E-state index contributed by atoms with van der Waals surface area (Å²) in [5.74, 6) is 0.770. The first-order valence-corrected chi connectivity index (χ1v) is 3.68. The third-order valence-electron chi connectivity index (χ3n) is 1.24. The second-order valence-electron chi connectivity index (χ2n) is 1.78. The first kappa shape index (κ1) is 6.81. The summed E-state index contributed by atoms with van der Waals surface area (Å²) in [6, 6.07) is 0. The summed E-state index contributed by atoms with van der Waals surface area (Å²) in [6.45, 7) is 0.862. The van der Waals surface area contributed by atoms with E-state index < -0.39 is 0 Å². The van der Waals surface area contributed by atoms with Crippen LogP contribution in [-0.2, 0) is 4.74 Å². The second-order valence-corrected chi connectivity index (χ2v) is 2.23. The van der Waals surface area contributed by atoms with Gasteiger partial charge in [0.05, 0.1) is 7.11 Å². The molecule has 1 rings (SSSR count). The molecule has 0 aliphatic carbocycles. The van der Waals surface area contributed by atoms with Crippen LogP contribution in [0.25, 0.3) is 0 Å². The van der Waals surface area contributed by atoms with E-state index in [0.717, 1.165) is 24.4 Å². The summed E-state index contributed by atoms with van der Waals surface area (Å²) in [4.78, 5) is 5.97. The van der Waals surface area contributed by atoms with E-state index in [2.05, 4.69) is 20.9 Å². The fraction of sp³-hybridized carbons (Fsp3) is 0.500. The summed E-state index contributed by atoms with van der Waals surface area (Å²) in [5.41, 5.74) is 1.15. The van der Waals surface area contributed by atoms with Crippen LogP contribution in [0.4, 0.5) is 0 Å². The highest BCUT2D eigenvalue weighted by Crippen LogP contribution is 2.14. The largest absolute Gasteiger partial charge is 0.481 e. The SMILES string of the molecule is COC1=NCC/C1=C/Br. The van der Waals surface area contributed by atoms with Gasteiger partial charge in [-0.05, 0) is 11.4 Å². The van der Waals surface area contributed by atoms with Crippen LogP contribution in [0.5, 0.6) is 0 Å². The molecule has 2 nitrogen and oxygen atoms in total. The molecular weight excluding hydrogens is 182 g/mol. The summed E-state index contributed by atoms with van der Waals surface area (Å²) in [7, 11) is 1.64. The van der Waals surface area contributed by atoms with Gasteiger partial charge in [-0.3, -0.25) is 4.99 Å². The smallest absolute Gasteiger partial charge is 0.212 e. The van der Waals surface area contributed by atoms with Crippen molar-refractivity contribution in [2.45, 2.75) is 6.42 Å². The Labute approximate surface area is 62.7 Å². The lowest BCUT2D eigenvalue weighted by Crippen LogP contribution is -1.98. The molecule has 0 aromatic carbocycles. The normalized spacial score (nSPS) is 22.4. The minimum atomic E-state index is 0.770. The summed E-state index contributed by atoms with van der Waals surface area (Å²) in [5, 5.41) is 0. The Balaban J connectivity index is 2.69. The third kappa shape index (κ3) is 1.33. The maximum absolute atomic E-state index is 4.97. The lowest BCUT2D eigenvalue weighted by molar-refractivity contribution is 0.405. The molecule has 0 unspecified atom stereocenters. The van der Waals surface area contributed by atoms with E-state index in [-0.39, 0.29) is 0 Å². The van der Waals surface area contributed by atoms with E-state index in [9.17, 15) is 0 Å². The van der Waals surface area contributed by atoms with Gasteiger partial charge in [0.25, 0.3) is 0 Å². The molecule has 9 heavy (non-hydrogen) atoms. The van der Waals surface area contributed by atoms with Gasteiger partial charge >= 0.3 is 0 Å². The van der Waals surface area contributed by atoms with Crippen molar-refractivity contribution in [3.8, 4) is 0 Å². The molecule has 0 spiro atoms. The highest BCUT2D eigenvalue weighted by Gasteiger charge is 2.11. The second kappa shape index (κ2) is 3.01. The molecular formula is C6H8BrNO. The fourth-order valence-electron chi connectivity index (χ4n) is 0.783. The van der Waals surface area contributed by atoms with Gasteiger partial charge in [0, 0.05) is 12.1 Å². The molecule has 1 aliphatic rings. The molecule has 0 amide bonds. The number of aliphatic imine (C=N–C) groups is 1. The van der Waals surface area contributed by atoms with Gasteiger partial charge in [0.15, 0.2) is 0 Å². The lowest BCUT2D eigenvalue weighted by atomic mass is 10.3. The maximum Gasteiger partial charge on any atom is 0.212 e. The molecule has 0 saturated carbocycles. The average molecular weight is 190 g/mol. The maximum atomic E-state index is 4.97. The Morgan fingerprint density at radius 2 is 2.56 bits per heavy atom. The minimum Gasteiger partial charge on any atom is -0.481 e. The average Bonchev–Trinajstić information content (AvgIpc) is 2.33. The van der Waals surface area contributed by atoms with Gasteiger partial charge in [0.1, 0.15) is 0 Å². The zero-order chi connectivity index (χ0) is 6.69. The van der Waals surface area contributed by atoms with E-state index in [1.54, 1.807) is 7.11 Å². The van der Waals surface area contributed by atoms with E-state index in [0.29, 0.717) is 0 Å². The van der Waals surface area contributed by atoms with Crippen LogP contribution >= 0.6 is 15.9 Å². The van der Waals surface area contributed by atoms with E-state index in [4.69, 9.17) is 4.74 Å². The highest BCUT2D eigenvalue weighted by atomic mass is 79.9. The molecule has 0 fully saturated rings. The van der Waals surface area contributed by atoms with Crippen molar-refractivity contribution in [3.63, 3.8) is 0 Å². The molecule has 3 heteroatoms. The van der Waals surface area contributed by atoms with Gasteiger partial charge in [0.2, 0.25) is 5.90 Å². The molecule has 1 aliphatic heterocycles. The lowest BCUT2D eigenvalue weighted by Gasteiger charge is -1.97. The molecule has 0 aromatic rings.